The largest absolute Gasteiger partial charge is 0.392 e. The Morgan fingerprint density at radius 1 is 1.05 bits per heavy atom. The Morgan fingerprint density at radius 3 is 2.37 bits per heavy atom. The first-order valence-electron chi connectivity index (χ1n) is 6.74. The van der Waals surface area contributed by atoms with E-state index in [-0.39, 0.29) is 6.61 Å². The van der Waals surface area contributed by atoms with E-state index in [1.54, 1.807) is 0 Å². The highest BCUT2D eigenvalue weighted by atomic mass is 16.3. The van der Waals surface area contributed by atoms with Gasteiger partial charge >= 0.3 is 0 Å². The minimum absolute atomic E-state index is 0.108. The highest BCUT2D eigenvalue weighted by Gasteiger charge is 2.07. The van der Waals surface area contributed by atoms with E-state index in [1.165, 1.54) is 11.3 Å². The van der Waals surface area contributed by atoms with Crippen molar-refractivity contribution >= 4 is 5.69 Å². The molecular formula is C17H21NO. The van der Waals surface area contributed by atoms with Crippen molar-refractivity contribution in [3.05, 3.63) is 65.2 Å². The van der Waals surface area contributed by atoms with Gasteiger partial charge in [0.25, 0.3) is 0 Å². The zero-order valence-corrected chi connectivity index (χ0v) is 11.6. The first-order chi connectivity index (χ1) is 9.24. The molecule has 0 fully saturated rings. The van der Waals surface area contributed by atoms with E-state index in [9.17, 15) is 5.11 Å². The Bertz CT molecular complexity index is 522. The lowest BCUT2D eigenvalue weighted by atomic mass is 10.1. The van der Waals surface area contributed by atoms with Crippen LogP contribution >= 0.6 is 0 Å². The number of rotatable bonds is 5. The number of nitrogens with zero attached hydrogens (tertiary/aromatic N) is 1. The molecule has 0 saturated carbocycles. The van der Waals surface area contributed by atoms with Gasteiger partial charge in [-0.15, -0.1) is 0 Å². The van der Waals surface area contributed by atoms with Gasteiger partial charge in [-0.25, -0.2) is 0 Å². The normalized spacial score (nSPS) is 10.5. The average molecular weight is 255 g/mol. The van der Waals surface area contributed by atoms with Crippen molar-refractivity contribution in [3.8, 4) is 0 Å². The smallest absolute Gasteiger partial charge is 0.0684 e. The summed E-state index contributed by atoms with van der Waals surface area (Å²) in [4.78, 5) is 2.34. The summed E-state index contributed by atoms with van der Waals surface area (Å²) in [7, 11) is 0. The standard InChI is InChI=1S/C17H21NO/c1-3-18(12-15-7-5-4-6-8-15)17-10-9-16(13-19)14(2)11-17/h4-11,19H,3,12-13H2,1-2H3. The molecule has 0 amide bonds. The second-order valence-corrected chi connectivity index (χ2v) is 4.77. The fourth-order valence-corrected chi connectivity index (χ4v) is 2.24. The summed E-state index contributed by atoms with van der Waals surface area (Å²) >= 11 is 0. The molecule has 100 valence electrons. The molecular weight excluding hydrogens is 234 g/mol. The maximum Gasteiger partial charge on any atom is 0.0684 e. The van der Waals surface area contributed by atoms with Crippen LogP contribution in [0.2, 0.25) is 0 Å². The van der Waals surface area contributed by atoms with E-state index in [4.69, 9.17) is 0 Å². The van der Waals surface area contributed by atoms with Gasteiger partial charge < -0.3 is 10.0 Å². The predicted molar refractivity (Wildman–Crippen MR) is 80.3 cm³/mol. The van der Waals surface area contributed by atoms with Crippen LogP contribution in [0.25, 0.3) is 0 Å². The molecule has 0 aliphatic rings. The predicted octanol–water partition coefficient (Wildman–Crippen LogP) is 3.51. The van der Waals surface area contributed by atoms with Crippen LogP contribution in [0, 0.1) is 6.92 Å². The minimum Gasteiger partial charge on any atom is -0.392 e. The summed E-state index contributed by atoms with van der Waals surface area (Å²) in [5.74, 6) is 0. The molecule has 0 saturated heterocycles. The van der Waals surface area contributed by atoms with Gasteiger partial charge in [0.2, 0.25) is 0 Å². The molecule has 0 heterocycles. The summed E-state index contributed by atoms with van der Waals surface area (Å²) in [5, 5.41) is 9.23. The van der Waals surface area contributed by atoms with Crippen LogP contribution in [0.1, 0.15) is 23.6 Å². The molecule has 0 spiro atoms. The second kappa shape index (κ2) is 6.39. The van der Waals surface area contributed by atoms with E-state index in [2.05, 4.69) is 48.2 Å². The highest BCUT2D eigenvalue weighted by Crippen LogP contribution is 2.21. The lowest BCUT2D eigenvalue weighted by Gasteiger charge is -2.24. The van der Waals surface area contributed by atoms with Gasteiger partial charge in [0.1, 0.15) is 0 Å². The fraction of sp³-hybridized carbons (Fsp3) is 0.294. The Balaban J connectivity index is 2.20. The third kappa shape index (κ3) is 3.36. The molecule has 2 aromatic carbocycles. The van der Waals surface area contributed by atoms with Crippen molar-refractivity contribution in [2.24, 2.45) is 0 Å². The Morgan fingerprint density at radius 2 is 1.79 bits per heavy atom. The number of anilines is 1. The summed E-state index contributed by atoms with van der Waals surface area (Å²) in [6.07, 6.45) is 0. The maximum absolute atomic E-state index is 9.23. The quantitative estimate of drug-likeness (QED) is 0.883. The third-order valence-electron chi connectivity index (χ3n) is 3.46. The lowest BCUT2D eigenvalue weighted by molar-refractivity contribution is 0.281. The number of benzene rings is 2. The van der Waals surface area contributed by atoms with Crippen LogP contribution < -0.4 is 4.90 Å². The summed E-state index contributed by atoms with van der Waals surface area (Å²) in [6, 6.07) is 16.7. The zero-order chi connectivity index (χ0) is 13.7. The molecule has 0 radical (unpaired) electrons. The molecule has 2 heteroatoms. The molecule has 0 atom stereocenters. The molecule has 0 aromatic heterocycles. The van der Waals surface area contributed by atoms with Gasteiger partial charge in [0, 0.05) is 18.8 Å². The van der Waals surface area contributed by atoms with Crippen molar-refractivity contribution in [1.29, 1.82) is 0 Å². The summed E-state index contributed by atoms with van der Waals surface area (Å²) in [6.45, 7) is 6.20. The summed E-state index contributed by atoms with van der Waals surface area (Å²) < 4.78 is 0. The Kier molecular flexibility index (Phi) is 4.58. The van der Waals surface area contributed by atoms with Gasteiger partial charge in [-0.3, -0.25) is 0 Å². The van der Waals surface area contributed by atoms with Gasteiger partial charge in [-0.05, 0) is 42.7 Å². The molecule has 0 unspecified atom stereocenters. The van der Waals surface area contributed by atoms with E-state index < -0.39 is 0 Å². The van der Waals surface area contributed by atoms with Crippen molar-refractivity contribution in [1.82, 2.24) is 0 Å². The van der Waals surface area contributed by atoms with Gasteiger partial charge in [-0.2, -0.15) is 0 Å². The first-order valence-corrected chi connectivity index (χ1v) is 6.74. The second-order valence-electron chi connectivity index (χ2n) is 4.77. The molecule has 0 bridgehead atoms. The first kappa shape index (κ1) is 13.6. The number of aliphatic hydroxyl groups is 1. The zero-order valence-electron chi connectivity index (χ0n) is 11.6. The van der Waals surface area contributed by atoms with Crippen LogP contribution in [0.15, 0.2) is 48.5 Å². The van der Waals surface area contributed by atoms with Crippen molar-refractivity contribution in [2.75, 3.05) is 11.4 Å². The molecule has 2 aromatic rings. The van der Waals surface area contributed by atoms with E-state index in [0.717, 1.165) is 24.2 Å². The van der Waals surface area contributed by atoms with Crippen molar-refractivity contribution < 1.29 is 5.11 Å². The van der Waals surface area contributed by atoms with E-state index >= 15 is 0 Å². The fourth-order valence-electron chi connectivity index (χ4n) is 2.24. The molecule has 2 rings (SSSR count). The van der Waals surface area contributed by atoms with Crippen molar-refractivity contribution in [2.45, 2.75) is 27.0 Å². The van der Waals surface area contributed by atoms with Gasteiger partial charge in [-0.1, -0.05) is 36.4 Å². The Labute approximate surface area is 115 Å². The maximum atomic E-state index is 9.23. The molecule has 19 heavy (non-hydrogen) atoms. The van der Waals surface area contributed by atoms with Gasteiger partial charge in [0.05, 0.1) is 6.61 Å². The van der Waals surface area contributed by atoms with Crippen LogP contribution in [-0.4, -0.2) is 11.7 Å². The minimum atomic E-state index is 0.108. The number of hydrogen-bond donors (Lipinski definition) is 1. The summed E-state index contributed by atoms with van der Waals surface area (Å²) in [5.41, 5.74) is 4.67. The highest BCUT2D eigenvalue weighted by molar-refractivity contribution is 5.51. The van der Waals surface area contributed by atoms with E-state index in [1.807, 2.05) is 19.1 Å². The SMILES string of the molecule is CCN(Cc1ccccc1)c1ccc(CO)c(C)c1. The van der Waals surface area contributed by atoms with Crippen LogP contribution in [0.3, 0.4) is 0 Å². The van der Waals surface area contributed by atoms with Gasteiger partial charge in [0.15, 0.2) is 0 Å². The average Bonchev–Trinajstić information content (AvgIpc) is 2.46. The number of aryl methyl sites for hydroxylation is 1. The number of aliphatic hydroxyl groups excluding tert-OH is 1. The van der Waals surface area contributed by atoms with Crippen molar-refractivity contribution in [3.63, 3.8) is 0 Å². The topological polar surface area (TPSA) is 23.5 Å². The molecule has 1 N–H and O–H groups in total. The van der Waals surface area contributed by atoms with Crippen LogP contribution in [0.4, 0.5) is 5.69 Å². The molecule has 2 nitrogen and oxygen atoms in total. The number of hydrogen-bond acceptors (Lipinski definition) is 2. The van der Waals surface area contributed by atoms with E-state index in [0.29, 0.717) is 0 Å². The monoisotopic (exact) mass is 255 g/mol. The molecule has 0 aliphatic carbocycles. The third-order valence-corrected chi connectivity index (χ3v) is 3.46. The van der Waals surface area contributed by atoms with Crippen LogP contribution in [-0.2, 0) is 13.2 Å². The van der Waals surface area contributed by atoms with Crippen LogP contribution in [0.5, 0.6) is 0 Å². The lowest BCUT2D eigenvalue weighted by Crippen LogP contribution is -2.22. The Hall–Kier alpha value is -1.80. The molecule has 0 aliphatic heterocycles.